The molecule has 0 bridgehead atoms. The zero-order valence-corrected chi connectivity index (χ0v) is 18.1. The molecule has 4 nitrogen and oxygen atoms in total. The average molecular weight is 396 g/mol. The number of amides is 1. The molecule has 2 aromatic carbocycles. The normalized spacial score (nSPS) is 21.4. The van der Waals surface area contributed by atoms with Gasteiger partial charge in [0.25, 0.3) is 0 Å². The number of carbonyl (C=O) groups is 1. The van der Waals surface area contributed by atoms with Crippen LogP contribution in [0.1, 0.15) is 58.1 Å². The molecule has 2 aromatic rings. The molecule has 1 saturated heterocycles. The van der Waals surface area contributed by atoms with Crippen molar-refractivity contribution in [3.05, 3.63) is 71.8 Å². The second-order valence-electron chi connectivity index (χ2n) is 9.60. The Labute approximate surface area is 174 Å². The number of aliphatic hydroxyl groups excluding tert-OH is 1. The van der Waals surface area contributed by atoms with Gasteiger partial charge in [0.15, 0.2) is 0 Å². The highest BCUT2D eigenvalue weighted by Crippen LogP contribution is 2.46. The molecular formula is C25H33NO3. The molecule has 0 radical (unpaired) electrons. The summed E-state index contributed by atoms with van der Waals surface area (Å²) >= 11 is 0. The van der Waals surface area contributed by atoms with Crippen molar-refractivity contribution in [2.45, 2.75) is 64.1 Å². The van der Waals surface area contributed by atoms with Gasteiger partial charge in [-0.05, 0) is 52.2 Å². The fourth-order valence-electron chi connectivity index (χ4n) is 4.66. The number of carbonyl (C=O) groups excluding carboxylic acids is 1. The van der Waals surface area contributed by atoms with Crippen LogP contribution in [0.5, 0.6) is 0 Å². The highest BCUT2D eigenvalue weighted by molar-refractivity contribution is 5.71. The van der Waals surface area contributed by atoms with Crippen LogP contribution in [-0.4, -0.2) is 39.9 Å². The molecule has 1 fully saturated rings. The first-order chi connectivity index (χ1) is 13.6. The molecule has 2 atom stereocenters. The summed E-state index contributed by atoms with van der Waals surface area (Å²) in [6, 6.07) is 20.3. The maximum Gasteiger partial charge on any atom is 0.411 e. The van der Waals surface area contributed by atoms with Crippen LogP contribution < -0.4 is 0 Å². The largest absolute Gasteiger partial charge is 0.444 e. The standard InChI is InChI=1S/C25H33NO3/c1-24(2,3)29-23(28)26-22(20(17-27)16-25(26,4)5)21(18-12-8-6-9-13-18)19-14-10-7-11-15-19/h6-15,20-22,27H,16-17H2,1-5H3. The third-order valence-electron chi connectivity index (χ3n) is 5.68. The topological polar surface area (TPSA) is 49.8 Å². The van der Waals surface area contributed by atoms with E-state index in [1.807, 2.05) is 62.1 Å². The molecule has 0 spiro atoms. The van der Waals surface area contributed by atoms with Gasteiger partial charge < -0.3 is 9.84 Å². The summed E-state index contributed by atoms with van der Waals surface area (Å²) in [6.07, 6.45) is 0.407. The molecule has 0 aromatic heterocycles. The first kappa shape index (κ1) is 21.4. The van der Waals surface area contributed by atoms with Crippen molar-refractivity contribution >= 4 is 6.09 Å². The molecule has 29 heavy (non-hydrogen) atoms. The van der Waals surface area contributed by atoms with Gasteiger partial charge in [0.2, 0.25) is 0 Å². The summed E-state index contributed by atoms with van der Waals surface area (Å²) in [5.41, 5.74) is 1.27. The summed E-state index contributed by atoms with van der Waals surface area (Å²) in [5, 5.41) is 10.3. The number of hydrogen-bond acceptors (Lipinski definition) is 3. The number of rotatable bonds is 4. The summed E-state index contributed by atoms with van der Waals surface area (Å²) < 4.78 is 5.81. The van der Waals surface area contributed by atoms with E-state index in [4.69, 9.17) is 4.74 Å². The predicted molar refractivity (Wildman–Crippen MR) is 116 cm³/mol. The van der Waals surface area contributed by atoms with Crippen molar-refractivity contribution in [3.8, 4) is 0 Å². The van der Waals surface area contributed by atoms with Crippen LogP contribution >= 0.6 is 0 Å². The minimum absolute atomic E-state index is 0.0313. The Bertz CT molecular complexity index is 771. The molecule has 1 heterocycles. The molecule has 1 aliphatic heterocycles. The average Bonchev–Trinajstić information content (AvgIpc) is 2.93. The van der Waals surface area contributed by atoms with Gasteiger partial charge in [-0.15, -0.1) is 0 Å². The van der Waals surface area contributed by atoms with Crippen LogP contribution in [0.15, 0.2) is 60.7 Å². The van der Waals surface area contributed by atoms with Gasteiger partial charge in [-0.1, -0.05) is 60.7 Å². The highest BCUT2D eigenvalue weighted by atomic mass is 16.6. The Morgan fingerprint density at radius 3 is 1.97 bits per heavy atom. The molecule has 1 N–H and O–H groups in total. The fourth-order valence-corrected chi connectivity index (χ4v) is 4.66. The molecule has 2 unspecified atom stereocenters. The van der Waals surface area contributed by atoms with Gasteiger partial charge in [-0.25, -0.2) is 4.79 Å². The number of nitrogens with zero attached hydrogens (tertiary/aromatic N) is 1. The van der Waals surface area contributed by atoms with Gasteiger partial charge in [0, 0.05) is 24.0 Å². The number of aliphatic hydroxyl groups is 1. The summed E-state index contributed by atoms with van der Waals surface area (Å²) in [7, 11) is 0. The molecule has 1 amide bonds. The third-order valence-corrected chi connectivity index (χ3v) is 5.68. The van der Waals surface area contributed by atoms with Gasteiger partial charge in [-0.2, -0.15) is 0 Å². The Hall–Kier alpha value is -2.33. The van der Waals surface area contributed by atoms with Crippen molar-refractivity contribution in [2.24, 2.45) is 5.92 Å². The highest BCUT2D eigenvalue weighted by Gasteiger charge is 2.52. The van der Waals surface area contributed by atoms with E-state index in [0.29, 0.717) is 0 Å². The number of ether oxygens (including phenoxy) is 1. The van der Waals surface area contributed by atoms with Crippen molar-refractivity contribution in [1.82, 2.24) is 4.90 Å². The van der Waals surface area contributed by atoms with E-state index in [9.17, 15) is 9.90 Å². The van der Waals surface area contributed by atoms with Crippen LogP contribution in [0, 0.1) is 5.92 Å². The summed E-state index contributed by atoms with van der Waals surface area (Å²) in [6.45, 7) is 9.82. The molecule has 3 rings (SSSR count). The Balaban J connectivity index is 2.13. The zero-order chi connectivity index (χ0) is 21.2. The monoisotopic (exact) mass is 395 g/mol. The van der Waals surface area contributed by atoms with E-state index in [0.717, 1.165) is 17.5 Å². The van der Waals surface area contributed by atoms with Gasteiger partial charge in [0.1, 0.15) is 5.60 Å². The molecule has 1 aliphatic rings. The minimum atomic E-state index is -0.579. The van der Waals surface area contributed by atoms with Crippen LogP contribution in [0.4, 0.5) is 4.79 Å². The molecule has 4 heteroatoms. The van der Waals surface area contributed by atoms with E-state index in [2.05, 4.69) is 38.1 Å². The van der Waals surface area contributed by atoms with Gasteiger partial charge in [-0.3, -0.25) is 4.90 Å². The zero-order valence-electron chi connectivity index (χ0n) is 18.1. The SMILES string of the molecule is CC(C)(C)OC(=O)N1C(C(c2ccccc2)c2ccccc2)C(CO)CC1(C)C. The minimum Gasteiger partial charge on any atom is -0.444 e. The van der Waals surface area contributed by atoms with Crippen molar-refractivity contribution in [1.29, 1.82) is 0 Å². The predicted octanol–water partition coefficient (Wildman–Crippen LogP) is 5.22. The number of hydrogen-bond donors (Lipinski definition) is 1. The van der Waals surface area contributed by atoms with Crippen LogP contribution in [0.25, 0.3) is 0 Å². The maximum atomic E-state index is 13.3. The van der Waals surface area contributed by atoms with Crippen molar-refractivity contribution < 1.29 is 14.6 Å². The van der Waals surface area contributed by atoms with E-state index >= 15 is 0 Å². The second kappa shape index (κ2) is 8.19. The van der Waals surface area contributed by atoms with E-state index < -0.39 is 11.1 Å². The van der Waals surface area contributed by atoms with Crippen molar-refractivity contribution in [2.75, 3.05) is 6.61 Å². The fraction of sp³-hybridized carbons (Fsp3) is 0.480. The van der Waals surface area contributed by atoms with Gasteiger partial charge >= 0.3 is 6.09 Å². The van der Waals surface area contributed by atoms with Crippen LogP contribution in [0.2, 0.25) is 0 Å². The Kier molecular flexibility index (Phi) is 6.04. The Morgan fingerprint density at radius 2 is 1.55 bits per heavy atom. The number of benzene rings is 2. The van der Waals surface area contributed by atoms with Crippen LogP contribution in [-0.2, 0) is 4.74 Å². The van der Waals surface area contributed by atoms with E-state index in [1.54, 1.807) is 0 Å². The van der Waals surface area contributed by atoms with E-state index in [1.165, 1.54) is 0 Å². The smallest absolute Gasteiger partial charge is 0.411 e. The Morgan fingerprint density at radius 1 is 1.07 bits per heavy atom. The lowest BCUT2D eigenvalue weighted by atomic mass is 9.79. The third kappa shape index (κ3) is 4.64. The first-order valence-corrected chi connectivity index (χ1v) is 10.4. The van der Waals surface area contributed by atoms with Gasteiger partial charge in [0.05, 0.1) is 6.04 Å². The summed E-state index contributed by atoms with van der Waals surface area (Å²) in [4.78, 5) is 15.2. The first-order valence-electron chi connectivity index (χ1n) is 10.4. The quantitative estimate of drug-likeness (QED) is 0.773. The lowest BCUT2D eigenvalue weighted by molar-refractivity contribution is -0.000137. The maximum absolute atomic E-state index is 13.3. The molecule has 0 saturated carbocycles. The van der Waals surface area contributed by atoms with Crippen molar-refractivity contribution in [3.63, 3.8) is 0 Å². The van der Waals surface area contributed by atoms with E-state index in [-0.39, 0.29) is 30.6 Å². The van der Waals surface area contributed by atoms with Crippen LogP contribution in [0.3, 0.4) is 0 Å². The lowest BCUT2D eigenvalue weighted by Gasteiger charge is -2.41. The molecular weight excluding hydrogens is 362 g/mol. The molecule has 0 aliphatic carbocycles. The summed E-state index contributed by atoms with van der Waals surface area (Å²) in [5.74, 6) is -0.0910. The second-order valence-corrected chi connectivity index (χ2v) is 9.60. The number of likely N-dealkylation sites (tertiary alicyclic amines) is 1. The lowest BCUT2D eigenvalue weighted by Crippen LogP contribution is -2.51. The molecule has 156 valence electrons.